The lowest BCUT2D eigenvalue weighted by Crippen LogP contribution is -2.18. The second kappa shape index (κ2) is 7.31. The van der Waals surface area contributed by atoms with Crippen molar-refractivity contribution in [2.45, 2.75) is 19.4 Å². The molecule has 0 spiro atoms. The van der Waals surface area contributed by atoms with Crippen LogP contribution in [0, 0.1) is 17.0 Å². The fourth-order valence-electron chi connectivity index (χ4n) is 2.94. The number of nitrogens with one attached hydrogen (secondary N) is 1. The van der Waals surface area contributed by atoms with Crippen molar-refractivity contribution >= 4 is 33.3 Å². The number of amides is 1. The van der Waals surface area contributed by atoms with Crippen molar-refractivity contribution < 1.29 is 18.1 Å². The summed E-state index contributed by atoms with van der Waals surface area (Å²) in [5, 5.41) is 17.8. The zero-order valence-electron chi connectivity index (χ0n) is 14.5. The Labute approximate surface area is 155 Å². The van der Waals surface area contributed by atoms with Crippen molar-refractivity contribution in [3.05, 3.63) is 57.8 Å². The van der Waals surface area contributed by atoms with Crippen LogP contribution < -0.4 is 5.32 Å². The Morgan fingerprint density at radius 3 is 2.85 bits per heavy atom. The second-order valence-electron chi connectivity index (χ2n) is 6.35. The summed E-state index contributed by atoms with van der Waals surface area (Å²) in [5.41, 5.74) is 1.12. The number of hydrogen-bond acceptors (Lipinski definition) is 6. The Hall–Kier alpha value is -3.01. The minimum atomic E-state index is -3.08. The van der Waals surface area contributed by atoms with Crippen LogP contribution in [0.25, 0.3) is 6.08 Å². The molecule has 1 amide bonds. The largest absolute Gasteiger partial charge is 0.307 e. The number of anilines is 1. The highest BCUT2D eigenvalue weighted by Crippen LogP contribution is 2.27. The molecule has 1 fully saturated rings. The minimum absolute atomic E-state index is 0.000508. The van der Waals surface area contributed by atoms with Crippen LogP contribution in [0.15, 0.2) is 36.4 Å². The maximum atomic E-state index is 12.2. The molecule has 1 N–H and O–H groups in total. The Morgan fingerprint density at radius 1 is 1.41 bits per heavy atom. The maximum absolute atomic E-state index is 12.2. The molecule has 1 aromatic carbocycles. The first-order valence-electron chi connectivity index (χ1n) is 8.23. The van der Waals surface area contributed by atoms with Crippen molar-refractivity contribution in [1.82, 2.24) is 9.78 Å². The van der Waals surface area contributed by atoms with E-state index in [1.54, 1.807) is 23.7 Å². The van der Waals surface area contributed by atoms with E-state index in [1.807, 2.05) is 0 Å². The molecule has 1 atom stereocenters. The predicted molar refractivity (Wildman–Crippen MR) is 100 cm³/mol. The van der Waals surface area contributed by atoms with Gasteiger partial charge in [-0.05, 0) is 25.0 Å². The molecule has 2 aromatic rings. The number of hydrogen-bond donors (Lipinski definition) is 1. The van der Waals surface area contributed by atoms with E-state index in [4.69, 9.17) is 0 Å². The van der Waals surface area contributed by atoms with Gasteiger partial charge in [-0.3, -0.25) is 14.9 Å². The van der Waals surface area contributed by atoms with E-state index in [0.717, 1.165) is 0 Å². The van der Waals surface area contributed by atoms with Crippen LogP contribution in [-0.4, -0.2) is 40.5 Å². The van der Waals surface area contributed by atoms with Gasteiger partial charge in [0.25, 0.3) is 5.69 Å². The van der Waals surface area contributed by atoms with Gasteiger partial charge in [0.2, 0.25) is 5.91 Å². The normalized spacial score (nSPS) is 18.6. The number of aryl methyl sites for hydroxylation is 1. The van der Waals surface area contributed by atoms with Gasteiger partial charge < -0.3 is 5.32 Å². The molecule has 1 unspecified atom stereocenters. The standard InChI is InChI=1S/C17H18N4O5S/c1-12-9-16(20(19-12)15-7-8-27(25,26)11-15)18-17(22)6-5-13-3-2-4-14(10-13)21(23)24/h2-6,9-10,15H,7-8,11H2,1H3,(H,18,22)/b6-5+. The Bertz CT molecular complexity index is 1030. The monoisotopic (exact) mass is 390 g/mol. The molecule has 3 rings (SSSR count). The summed E-state index contributed by atoms with van der Waals surface area (Å²) in [6.07, 6.45) is 3.18. The summed E-state index contributed by atoms with van der Waals surface area (Å²) < 4.78 is 24.9. The van der Waals surface area contributed by atoms with E-state index in [1.165, 1.54) is 30.4 Å². The van der Waals surface area contributed by atoms with Gasteiger partial charge in [-0.25, -0.2) is 13.1 Å². The van der Waals surface area contributed by atoms with Gasteiger partial charge in [0.1, 0.15) is 5.82 Å². The fraction of sp³-hybridized carbons (Fsp3) is 0.294. The molecule has 2 heterocycles. The van der Waals surface area contributed by atoms with Crippen LogP contribution >= 0.6 is 0 Å². The third-order valence-electron chi connectivity index (χ3n) is 4.17. The van der Waals surface area contributed by atoms with Crippen molar-refractivity contribution in [2.75, 3.05) is 16.8 Å². The number of carbonyl (C=O) groups excluding carboxylic acids is 1. The van der Waals surface area contributed by atoms with Gasteiger partial charge in [-0.15, -0.1) is 0 Å². The zero-order chi connectivity index (χ0) is 19.6. The van der Waals surface area contributed by atoms with Crippen LogP contribution in [0.5, 0.6) is 0 Å². The molecule has 0 radical (unpaired) electrons. The van der Waals surface area contributed by atoms with Gasteiger partial charge in [-0.2, -0.15) is 5.10 Å². The van der Waals surface area contributed by atoms with Crippen molar-refractivity contribution in [3.8, 4) is 0 Å². The summed E-state index contributed by atoms with van der Waals surface area (Å²) in [6.45, 7) is 1.76. The SMILES string of the molecule is Cc1cc(NC(=O)/C=C/c2cccc([N+](=O)[O-])c2)n(C2CCS(=O)(=O)C2)n1. The highest BCUT2D eigenvalue weighted by atomic mass is 32.2. The summed E-state index contributed by atoms with van der Waals surface area (Å²) in [6, 6.07) is 7.28. The zero-order valence-corrected chi connectivity index (χ0v) is 15.3. The number of nitro groups is 1. The molecule has 10 heteroatoms. The highest BCUT2D eigenvalue weighted by Gasteiger charge is 2.31. The van der Waals surface area contributed by atoms with Gasteiger partial charge in [0.05, 0.1) is 28.2 Å². The van der Waals surface area contributed by atoms with Crippen molar-refractivity contribution in [2.24, 2.45) is 0 Å². The lowest BCUT2D eigenvalue weighted by molar-refractivity contribution is -0.384. The Balaban J connectivity index is 1.73. The number of nitro benzene ring substituents is 1. The summed E-state index contributed by atoms with van der Waals surface area (Å²) in [4.78, 5) is 22.5. The van der Waals surface area contributed by atoms with E-state index in [2.05, 4.69) is 10.4 Å². The third kappa shape index (κ3) is 4.59. The molecule has 1 saturated heterocycles. The first kappa shape index (κ1) is 18.8. The van der Waals surface area contributed by atoms with Gasteiger partial charge >= 0.3 is 0 Å². The van der Waals surface area contributed by atoms with E-state index in [-0.39, 0.29) is 23.2 Å². The fourth-order valence-corrected chi connectivity index (χ4v) is 4.63. The molecule has 0 saturated carbocycles. The van der Waals surface area contributed by atoms with Gasteiger partial charge in [0, 0.05) is 24.3 Å². The van der Waals surface area contributed by atoms with Crippen molar-refractivity contribution in [3.63, 3.8) is 0 Å². The summed E-state index contributed by atoms with van der Waals surface area (Å²) >= 11 is 0. The lowest BCUT2D eigenvalue weighted by Gasteiger charge is -2.13. The molecule has 1 aromatic heterocycles. The first-order chi connectivity index (χ1) is 12.7. The summed E-state index contributed by atoms with van der Waals surface area (Å²) in [7, 11) is -3.08. The average molecular weight is 390 g/mol. The molecule has 142 valence electrons. The van der Waals surface area contributed by atoms with Gasteiger partial charge in [0.15, 0.2) is 9.84 Å². The highest BCUT2D eigenvalue weighted by molar-refractivity contribution is 7.91. The Kier molecular flexibility index (Phi) is 5.08. The minimum Gasteiger partial charge on any atom is -0.307 e. The van der Waals surface area contributed by atoms with Crippen molar-refractivity contribution in [1.29, 1.82) is 0 Å². The first-order valence-corrected chi connectivity index (χ1v) is 10.1. The number of aromatic nitrogens is 2. The molecule has 9 nitrogen and oxygen atoms in total. The lowest BCUT2D eigenvalue weighted by atomic mass is 10.2. The number of rotatable bonds is 5. The topological polar surface area (TPSA) is 124 Å². The summed E-state index contributed by atoms with van der Waals surface area (Å²) in [5.74, 6) is 0.0868. The number of non-ortho nitro benzene ring substituents is 1. The third-order valence-corrected chi connectivity index (χ3v) is 5.92. The van der Waals surface area contributed by atoms with Crippen LogP contribution in [-0.2, 0) is 14.6 Å². The van der Waals surface area contributed by atoms with Crippen LogP contribution in [0.4, 0.5) is 11.5 Å². The predicted octanol–water partition coefficient (Wildman–Crippen LogP) is 2.11. The van der Waals surface area contributed by atoms with Crippen LogP contribution in [0.2, 0.25) is 0 Å². The Morgan fingerprint density at radius 2 is 2.19 bits per heavy atom. The molecule has 1 aliphatic rings. The molecule has 0 aliphatic carbocycles. The van der Waals surface area contributed by atoms with Crippen LogP contribution in [0.1, 0.15) is 23.7 Å². The number of sulfone groups is 1. The van der Waals surface area contributed by atoms with Gasteiger partial charge in [-0.1, -0.05) is 12.1 Å². The molecular weight excluding hydrogens is 372 g/mol. The van der Waals surface area contributed by atoms with E-state index >= 15 is 0 Å². The molecular formula is C17H18N4O5S. The number of carbonyl (C=O) groups is 1. The molecule has 0 bridgehead atoms. The average Bonchev–Trinajstić information content (AvgIpc) is 3.15. The quantitative estimate of drug-likeness (QED) is 0.474. The number of nitrogens with zero attached hydrogens (tertiary/aromatic N) is 3. The molecule has 27 heavy (non-hydrogen) atoms. The van der Waals surface area contributed by atoms with E-state index in [0.29, 0.717) is 23.5 Å². The number of benzene rings is 1. The van der Waals surface area contributed by atoms with E-state index < -0.39 is 20.7 Å². The smallest absolute Gasteiger partial charge is 0.270 e. The van der Waals surface area contributed by atoms with Crippen LogP contribution in [0.3, 0.4) is 0 Å². The maximum Gasteiger partial charge on any atom is 0.270 e. The molecule has 1 aliphatic heterocycles. The second-order valence-corrected chi connectivity index (χ2v) is 8.58. The van der Waals surface area contributed by atoms with E-state index in [9.17, 15) is 23.3 Å².